The van der Waals surface area contributed by atoms with E-state index in [1.807, 2.05) is 12.1 Å². The second-order valence-corrected chi connectivity index (χ2v) is 3.27. The zero-order valence-corrected chi connectivity index (χ0v) is 7.26. The van der Waals surface area contributed by atoms with E-state index in [0.29, 0.717) is 5.56 Å². The molecule has 0 aliphatic carbocycles. The fraction of sp³-hybridized carbons (Fsp3) is 0.125. The minimum absolute atomic E-state index is 0.0355. The number of fused-ring (bicyclic) bond motifs is 1. The molecular formula is C8H6N2OS. The van der Waals surface area contributed by atoms with Crippen molar-refractivity contribution in [2.75, 3.05) is 0 Å². The molecule has 0 atom stereocenters. The summed E-state index contributed by atoms with van der Waals surface area (Å²) in [7, 11) is 0. The van der Waals surface area contributed by atoms with Crippen molar-refractivity contribution < 1.29 is 4.79 Å². The van der Waals surface area contributed by atoms with Crippen LogP contribution in [0, 0.1) is 0 Å². The van der Waals surface area contributed by atoms with Crippen LogP contribution in [0.5, 0.6) is 0 Å². The topological polar surface area (TPSA) is 42.9 Å². The van der Waals surface area contributed by atoms with E-state index in [9.17, 15) is 4.79 Å². The van der Waals surface area contributed by atoms with Crippen LogP contribution in [0.4, 0.5) is 0 Å². The molecule has 1 aromatic heterocycles. The van der Waals surface area contributed by atoms with Gasteiger partial charge < -0.3 is 0 Å². The molecular weight excluding hydrogens is 172 g/mol. The van der Waals surface area contributed by atoms with Crippen molar-refractivity contribution in [1.82, 2.24) is 9.59 Å². The normalized spacial score (nSPS) is 10.4. The summed E-state index contributed by atoms with van der Waals surface area (Å²) in [6.07, 6.45) is 0. The van der Waals surface area contributed by atoms with E-state index in [0.717, 1.165) is 10.2 Å². The predicted molar refractivity (Wildman–Crippen MR) is 47.4 cm³/mol. The van der Waals surface area contributed by atoms with Gasteiger partial charge in [-0.05, 0) is 30.6 Å². The molecule has 4 heteroatoms. The lowest BCUT2D eigenvalue weighted by atomic mass is 10.1. The fourth-order valence-corrected chi connectivity index (χ4v) is 1.68. The maximum Gasteiger partial charge on any atom is 0.162 e. The highest BCUT2D eigenvalue weighted by Crippen LogP contribution is 2.19. The van der Waals surface area contributed by atoms with Gasteiger partial charge in [-0.25, -0.2) is 0 Å². The van der Waals surface area contributed by atoms with E-state index in [2.05, 4.69) is 9.59 Å². The predicted octanol–water partition coefficient (Wildman–Crippen LogP) is 1.89. The fourth-order valence-electron chi connectivity index (χ4n) is 1.09. The summed E-state index contributed by atoms with van der Waals surface area (Å²) in [5, 5.41) is 3.89. The van der Waals surface area contributed by atoms with Gasteiger partial charge in [0.25, 0.3) is 0 Å². The molecule has 1 aromatic carbocycles. The summed E-state index contributed by atoms with van der Waals surface area (Å²) in [5.41, 5.74) is 1.37. The molecule has 3 nitrogen and oxygen atoms in total. The van der Waals surface area contributed by atoms with Crippen molar-refractivity contribution in [3.63, 3.8) is 0 Å². The number of ketones is 1. The van der Waals surface area contributed by atoms with Gasteiger partial charge in [0.1, 0.15) is 5.52 Å². The van der Waals surface area contributed by atoms with Gasteiger partial charge in [0.15, 0.2) is 5.78 Å². The van der Waals surface area contributed by atoms with Crippen LogP contribution >= 0.6 is 11.5 Å². The number of hydrogen-bond donors (Lipinski definition) is 0. The average Bonchev–Trinajstić information content (AvgIpc) is 2.49. The van der Waals surface area contributed by atoms with Crippen LogP contribution in [0.15, 0.2) is 18.2 Å². The Hall–Kier alpha value is -1.29. The standard InChI is InChI=1S/C8H6N2OS/c1-5(11)6-3-2-4-7-8(6)9-10-12-7/h2-4H,1H3. The molecule has 0 aliphatic rings. The minimum Gasteiger partial charge on any atom is -0.294 e. The Morgan fingerprint density at radius 2 is 2.33 bits per heavy atom. The molecule has 0 bridgehead atoms. The third-order valence-corrected chi connectivity index (χ3v) is 2.35. The number of carbonyl (C=O) groups is 1. The Balaban J connectivity index is 2.82. The Bertz CT molecular complexity index is 435. The molecule has 0 saturated carbocycles. The van der Waals surface area contributed by atoms with Crippen LogP contribution < -0.4 is 0 Å². The van der Waals surface area contributed by atoms with Crippen LogP contribution in [0.1, 0.15) is 17.3 Å². The van der Waals surface area contributed by atoms with Crippen LogP contribution in [0.2, 0.25) is 0 Å². The highest BCUT2D eigenvalue weighted by Gasteiger charge is 2.07. The van der Waals surface area contributed by atoms with E-state index in [1.165, 1.54) is 18.5 Å². The van der Waals surface area contributed by atoms with E-state index in [-0.39, 0.29) is 5.78 Å². The average molecular weight is 178 g/mol. The van der Waals surface area contributed by atoms with Gasteiger partial charge >= 0.3 is 0 Å². The SMILES string of the molecule is CC(=O)c1cccc2snnc12. The first-order chi connectivity index (χ1) is 5.79. The van der Waals surface area contributed by atoms with E-state index < -0.39 is 0 Å². The summed E-state index contributed by atoms with van der Waals surface area (Å²) in [6, 6.07) is 5.53. The maximum atomic E-state index is 11.1. The summed E-state index contributed by atoms with van der Waals surface area (Å²) < 4.78 is 4.74. The van der Waals surface area contributed by atoms with Crippen molar-refractivity contribution in [2.45, 2.75) is 6.92 Å². The lowest BCUT2D eigenvalue weighted by Gasteiger charge is -1.93. The van der Waals surface area contributed by atoms with Crippen LogP contribution in [-0.4, -0.2) is 15.4 Å². The van der Waals surface area contributed by atoms with Gasteiger partial charge in [0, 0.05) is 5.56 Å². The van der Waals surface area contributed by atoms with Gasteiger partial charge in [-0.1, -0.05) is 10.6 Å². The Labute approximate surface area is 73.2 Å². The lowest BCUT2D eigenvalue weighted by Crippen LogP contribution is -1.92. The molecule has 0 saturated heterocycles. The second-order valence-electron chi connectivity index (χ2n) is 2.48. The van der Waals surface area contributed by atoms with Gasteiger partial charge in [-0.15, -0.1) is 5.10 Å². The quantitative estimate of drug-likeness (QED) is 0.626. The molecule has 0 spiro atoms. The van der Waals surface area contributed by atoms with Gasteiger partial charge in [-0.2, -0.15) is 0 Å². The highest BCUT2D eigenvalue weighted by atomic mass is 32.1. The monoisotopic (exact) mass is 178 g/mol. The van der Waals surface area contributed by atoms with E-state index in [4.69, 9.17) is 0 Å². The first-order valence-corrected chi connectivity index (χ1v) is 4.28. The highest BCUT2D eigenvalue weighted by molar-refractivity contribution is 7.13. The zero-order chi connectivity index (χ0) is 8.55. The summed E-state index contributed by atoms with van der Waals surface area (Å²) >= 11 is 1.31. The number of aromatic nitrogens is 2. The Morgan fingerprint density at radius 1 is 1.50 bits per heavy atom. The molecule has 0 radical (unpaired) electrons. The van der Waals surface area contributed by atoms with Crippen molar-refractivity contribution in [2.24, 2.45) is 0 Å². The Kier molecular flexibility index (Phi) is 1.62. The van der Waals surface area contributed by atoms with Crippen molar-refractivity contribution >= 4 is 27.5 Å². The van der Waals surface area contributed by atoms with Crippen molar-refractivity contribution in [3.8, 4) is 0 Å². The number of hydrogen-bond acceptors (Lipinski definition) is 4. The van der Waals surface area contributed by atoms with Crippen molar-refractivity contribution in [1.29, 1.82) is 0 Å². The third kappa shape index (κ3) is 1.00. The zero-order valence-electron chi connectivity index (χ0n) is 6.44. The molecule has 2 rings (SSSR count). The lowest BCUT2D eigenvalue weighted by molar-refractivity contribution is 0.101. The number of rotatable bonds is 1. The van der Waals surface area contributed by atoms with Gasteiger partial charge in [0.05, 0.1) is 4.70 Å². The summed E-state index contributed by atoms with van der Waals surface area (Å²) in [6.45, 7) is 1.54. The van der Waals surface area contributed by atoms with Crippen LogP contribution in [0.3, 0.4) is 0 Å². The Morgan fingerprint density at radius 3 is 3.08 bits per heavy atom. The smallest absolute Gasteiger partial charge is 0.162 e. The minimum atomic E-state index is 0.0355. The molecule has 0 N–H and O–H groups in total. The number of Topliss-reactive ketones (excluding diaryl/α,β-unsaturated/α-hetero) is 1. The van der Waals surface area contributed by atoms with Gasteiger partial charge in [0.2, 0.25) is 0 Å². The first kappa shape index (κ1) is 7.36. The number of nitrogens with zero attached hydrogens (tertiary/aromatic N) is 2. The molecule has 60 valence electrons. The van der Waals surface area contributed by atoms with E-state index in [1.54, 1.807) is 6.07 Å². The molecule has 1 heterocycles. The maximum absolute atomic E-state index is 11.1. The molecule has 2 aromatic rings. The largest absolute Gasteiger partial charge is 0.294 e. The van der Waals surface area contributed by atoms with Gasteiger partial charge in [-0.3, -0.25) is 4.79 Å². The first-order valence-electron chi connectivity index (χ1n) is 3.51. The molecule has 0 unspecified atom stereocenters. The van der Waals surface area contributed by atoms with Crippen LogP contribution in [-0.2, 0) is 0 Å². The third-order valence-electron chi connectivity index (χ3n) is 1.66. The second kappa shape index (κ2) is 2.64. The van der Waals surface area contributed by atoms with Crippen LogP contribution in [0.25, 0.3) is 10.2 Å². The molecule has 12 heavy (non-hydrogen) atoms. The van der Waals surface area contributed by atoms with E-state index >= 15 is 0 Å². The summed E-state index contributed by atoms with van der Waals surface area (Å²) in [5.74, 6) is 0.0355. The molecule has 0 aliphatic heterocycles. The van der Waals surface area contributed by atoms with Crippen molar-refractivity contribution in [3.05, 3.63) is 23.8 Å². The summed E-state index contributed by atoms with van der Waals surface area (Å²) in [4.78, 5) is 11.1. The molecule has 0 fully saturated rings. The number of benzene rings is 1. The number of carbonyl (C=O) groups excluding carboxylic acids is 1. The molecule has 0 amide bonds.